The molecular weight excluding hydrogens is 360 g/mol. The Bertz CT molecular complexity index is 1210. The summed E-state index contributed by atoms with van der Waals surface area (Å²) in [4.78, 5) is 36.0. The summed E-state index contributed by atoms with van der Waals surface area (Å²) in [5.41, 5.74) is 2.86. The Hall–Kier alpha value is -2.93. The minimum Gasteiger partial charge on any atom is -0.321 e. The minimum atomic E-state index is -0.651. The van der Waals surface area contributed by atoms with Gasteiger partial charge in [-0.15, -0.1) is 11.8 Å². The predicted molar refractivity (Wildman–Crippen MR) is 108 cm³/mol. The highest BCUT2D eigenvalue weighted by molar-refractivity contribution is 7.99. The van der Waals surface area contributed by atoms with E-state index in [9.17, 15) is 9.59 Å². The van der Waals surface area contributed by atoms with Gasteiger partial charge in [-0.2, -0.15) is 4.98 Å². The van der Waals surface area contributed by atoms with Crippen molar-refractivity contribution < 1.29 is 0 Å². The van der Waals surface area contributed by atoms with E-state index in [1.165, 1.54) is 4.90 Å². The van der Waals surface area contributed by atoms with Gasteiger partial charge >= 0.3 is 5.69 Å². The molecule has 0 saturated carbocycles. The normalized spacial score (nSPS) is 11.3. The van der Waals surface area contributed by atoms with Crippen LogP contribution >= 0.6 is 11.8 Å². The number of nitrogens with one attached hydrogen (secondary N) is 1. The van der Waals surface area contributed by atoms with Gasteiger partial charge in [0.25, 0.3) is 5.56 Å². The van der Waals surface area contributed by atoms with Crippen LogP contribution in [0.25, 0.3) is 22.6 Å². The number of aromatic amines is 1. The van der Waals surface area contributed by atoms with Crippen LogP contribution in [0.3, 0.4) is 0 Å². The highest BCUT2D eigenvalue weighted by atomic mass is 32.2. The summed E-state index contributed by atoms with van der Waals surface area (Å²) in [5, 5.41) is 0. The Morgan fingerprint density at radius 3 is 2.56 bits per heavy atom. The summed E-state index contributed by atoms with van der Waals surface area (Å²) in [5.74, 6) is 1.10. The van der Waals surface area contributed by atoms with Gasteiger partial charge < -0.3 is 4.57 Å². The molecule has 2 aromatic rings. The molecule has 4 rings (SSSR count). The van der Waals surface area contributed by atoms with Gasteiger partial charge in [0.1, 0.15) is 0 Å². The fourth-order valence-corrected chi connectivity index (χ4v) is 3.91. The van der Waals surface area contributed by atoms with Crippen molar-refractivity contribution in [3.05, 3.63) is 74.4 Å². The molecule has 2 aliphatic heterocycles. The second-order valence-electron chi connectivity index (χ2n) is 6.39. The first kappa shape index (κ1) is 17.5. The van der Waals surface area contributed by atoms with Crippen LogP contribution in [0.5, 0.6) is 0 Å². The molecule has 136 valence electrons. The number of nitrogens with zero attached hydrogens (tertiary/aromatic N) is 3. The van der Waals surface area contributed by atoms with E-state index in [0.717, 1.165) is 27.9 Å². The van der Waals surface area contributed by atoms with Crippen molar-refractivity contribution in [2.45, 2.75) is 25.3 Å². The molecule has 0 atom stereocenters. The summed E-state index contributed by atoms with van der Waals surface area (Å²) >= 11 is 1.72. The lowest BCUT2D eigenvalue weighted by atomic mass is 10.1. The number of hydrogen-bond donors (Lipinski definition) is 1. The van der Waals surface area contributed by atoms with E-state index < -0.39 is 11.2 Å². The maximum atomic E-state index is 12.3. The lowest BCUT2D eigenvalue weighted by molar-refractivity contribution is 0.767. The zero-order valence-electron chi connectivity index (χ0n) is 15.0. The number of rotatable bonds is 4. The third-order valence-electron chi connectivity index (χ3n) is 4.55. The van der Waals surface area contributed by atoms with E-state index >= 15 is 0 Å². The zero-order chi connectivity index (χ0) is 19.0. The second-order valence-corrected chi connectivity index (χ2v) is 7.56. The summed E-state index contributed by atoms with van der Waals surface area (Å²) in [6.45, 7) is 4.65. The van der Waals surface area contributed by atoms with Crippen molar-refractivity contribution in [2.24, 2.45) is 0 Å². The van der Waals surface area contributed by atoms with E-state index in [-0.39, 0.29) is 5.69 Å². The molecule has 0 spiro atoms. The monoisotopic (exact) mass is 378 g/mol. The number of aryl methyl sites for hydroxylation is 3. The van der Waals surface area contributed by atoms with Crippen LogP contribution in [-0.4, -0.2) is 25.3 Å². The SMILES string of the molecule is Cc1cc2nc3c(=O)[nH]c(=O)nc-3n(CCSc3ccccc3)c2cc1C. The second kappa shape index (κ2) is 7.00. The predicted octanol–water partition coefficient (Wildman–Crippen LogP) is 2.99. The van der Waals surface area contributed by atoms with Crippen LogP contribution in [0.4, 0.5) is 0 Å². The number of H-pyrrole nitrogens is 1. The average Bonchev–Trinajstić information content (AvgIpc) is 2.64. The van der Waals surface area contributed by atoms with Gasteiger partial charge in [-0.05, 0) is 49.2 Å². The van der Waals surface area contributed by atoms with Crippen molar-refractivity contribution >= 4 is 22.8 Å². The molecule has 2 aromatic carbocycles. The summed E-state index contributed by atoms with van der Waals surface area (Å²) in [7, 11) is 0. The van der Waals surface area contributed by atoms with Crippen molar-refractivity contribution in [3.63, 3.8) is 0 Å². The lowest BCUT2D eigenvalue weighted by Gasteiger charge is -2.17. The Morgan fingerprint density at radius 1 is 1.04 bits per heavy atom. The van der Waals surface area contributed by atoms with E-state index in [4.69, 9.17) is 0 Å². The first-order valence-corrected chi connectivity index (χ1v) is 9.61. The smallest absolute Gasteiger partial charge is 0.321 e. The highest BCUT2D eigenvalue weighted by Crippen LogP contribution is 2.25. The van der Waals surface area contributed by atoms with Crippen LogP contribution in [-0.2, 0) is 6.54 Å². The molecule has 27 heavy (non-hydrogen) atoms. The van der Waals surface area contributed by atoms with Crippen molar-refractivity contribution in [1.82, 2.24) is 19.5 Å². The first-order valence-electron chi connectivity index (χ1n) is 8.62. The van der Waals surface area contributed by atoms with E-state index in [0.29, 0.717) is 12.4 Å². The first-order chi connectivity index (χ1) is 13.0. The molecule has 0 saturated heterocycles. The molecule has 6 nitrogen and oxygen atoms in total. The maximum absolute atomic E-state index is 12.3. The van der Waals surface area contributed by atoms with Crippen LogP contribution in [0.2, 0.25) is 0 Å². The summed E-state index contributed by atoms with van der Waals surface area (Å²) in [6.07, 6.45) is 0. The standard InChI is InChI=1S/C20H18N4O2S/c1-12-10-15-16(11-13(12)2)24(8-9-27-14-6-4-3-5-7-14)18-17(21-15)19(25)23-20(26)22-18/h3-7,10-11H,8-9H2,1-2H3,(H,23,25,26). The molecule has 0 bridgehead atoms. The Balaban J connectivity index is 1.85. The molecule has 0 fully saturated rings. The number of benzene rings is 2. The molecule has 1 N–H and O–H groups in total. The molecule has 0 aliphatic carbocycles. The van der Waals surface area contributed by atoms with E-state index in [2.05, 4.69) is 27.1 Å². The third kappa shape index (κ3) is 3.38. The van der Waals surface area contributed by atoms with Gasteiger partial charge in [0.15, 0.2) is 11.5 Å². The quantitative estimate of drug-likeness (QED) is 0.436. The Kier molecular flexibility index (Phi) is 4.53. The molecule has 0 radical (unpaired) electrons. The molecule has 0 aromatic heterocycles. The number of hydrogen-bond acceptors (Lipinski definition) is 5. The minimum absolute atomic E-state index is 0.190. The largest absolute Gasteiger partial charge is 0.349 e. The van der Waals surface area contributed by atoms with Crippen LogP contribution in [0.1, 0.15) is 11.1 Å². The van der Waals surface area contributed by atoms with Crippen LogP contribution < -0.4 is 11.2 Å². The molecule has 0 amide bonds. The van der Waals surface area contributed by atoms with Gasteiger partial charge in [0.2, 0.25) is 0 Å². The molecule has 0 unspecified atom stereocenters. The van der Waals surface area contributed by atoms with Gasteiger partial charge in [-0.25, -0.2) is 9.78 Å². The number of aromatic nitrogens is 4. The zero-order valence-corrected chi connectivity index (χ0v) is 15.8. The van der Waals surface area contributed by atoms with Crippen molar-refractivity contribution in [3.8, 4) is 11.5 Å². The highest BCUT2D eigenvalue weighted by Gasteiger charge is 2.19. The number of thioether (sulfide) groups is 1. The van der Waals surface area contributed by atoms with E-state index in [1.807, 2.05) is 48.7 Å². The van der Waals surface area contributed by atoms with Crippen molar-refractivity contribution in [2.75, 3.05) is 5.75 Å². The van der Waals surface area contributed by atoms with Crippen LogP contribution in [0, 0.1) is 13.8 Å². The van der Waals surface area contributed by atoms with Gasteiger partial charge in [0.05, 0.1) is 11.0 Å². The molecule has 2 heterocycles. The fraction of sp³-hybridized carbons (Fsp3) is 0.200. The third-order valence-corrected chi connectivity index (χ3v) is 5.54. The average molecular weight is 378 g/mol. The van der Waals surface area contributed by atoms with E-state index in [1.54, 1.807) is 11.8 Å². The Morgan fingerprint density at radius 2 is 1.78 bits per heavy atom. The maximum Gasteiger partial charge on any atom is 0.349 e. The number of fused-ring (bicyclic) bond motifs is 2. The van der Waals surface area contributed by atoms with Crippen LogP contribution in [0.15, 0.2) is 56.9 Å². The molecular formula is C20H18N4O2S. The fourth-order valence-electron chi connectivity index (χ4n) is 3.05. The summed E-state index contributed by atoms with van der Waals surface area (Å²) < 4.78 is 1.93. The molecule has 7 heteroatoms. The van der Waals surface area contributed by atoms with Crippen molar-refractivity contribution in [1.29, 1.82) is 0 Å². The molecule has 2 aliphatic rings. The van der Waals surface area contributed by atoms with Gasteiger partial charge in [-0.1, -0.05) is 18.2 Å². The van der Waals surface area contributed by atoms with Gasteiger partial charge in [-0.3, -0.25) is 9.78 Å². The lowest BCUT2D eigenvalue weighted by Crippen LogP contribution is -2.29. The Labute approximate surface area is 159 Å². The summed E-state index contributed by atoms with van der Waals surface area (Å²) in [6, 6.07) is 14.1. The van der Waals surface area contributed by atoms with Gasteiger partial charge in [0, 0.05) is 17.2 Å². The topological polar surface area (TPSA) is 80.6 Å².